The van der Waals surface area contributed by atoms with Crippen LogP contribution in [0.5, 0.6) is 5.75 Å². The van der Waals surface area contributed by atoms with E-state index in [0.717, 1.165) is 24.5 Å². The lowest BCUT2D eigenvalue weighted by Gasteiger charge is -2.25. The third-order valence-electron chi connectivity index (χ3n) is 3.27. The van der Waals surface area contributed by atoms with E-state index in [1.807, 2.05) is 7.05 Å². The van der Waals surface area contributed by atoms with Crippen LogP contribution >= 0.6 is 11.8 Å². The molecule has 1 N–H and O–H groups in total. The fourth-order valence-corrected chi connectivity index (χ4v) is 4.66. The second-order valence-electron chi connectivity index (χ2n) is 4.79. The standard InChI is InChI=1S/C14H22N2O3S2/c1-15-7-2-10-19-13-3-5-14(6-4-13)21(17,18)16-8-11-20-12-9-16/h3-6,15H,2,7-12H2,1H3. The van der Waals surface area contributed by atoms with E-state index in [2.05, 4.69) is 5.32 Å². The van der Waals surface area contributed by atoms with E-state index in [4.69, 9.17) is 4.74 Å². The molecular weight excluding hydrogens is 308 g/mol. The topological polar surface area (TPSA) is 58.6 Å². The molecule has 118 valence electrons. The van der Waals surface area contributed by atoms with Crippen LogP contribution in [0.4, 0.5) is 0 Å². The average Bonchev–Trinajstić information content (AvgIpc) is 2.53. The van der Waals surface area contributed by atoms with Gasteiger partial charge in [0.15, 0.2) is 0 Å². The fraction of sp³-hybridized carbons (Fsp3) is 0.571. The normalized spacial score (nSPS) is 16.8. The number of ether oxygens (including phenoxy) is 1. The van der Waals surface area contributed by atoms with Crippen molar-refractivity contribution in [2.24, 2.45) is 0 Å². The van der Waals surface area contributed by atoms with Crippen LogP contribution in [-0.4, -0.2) is 57.5 Å². The minimum atomic E-state index is -3.35. The largest absolute Gasteiger partial charge is 0.494 e. The molecule has 7 heteroatoms. The number of sulfonamides is 1. The molecule has 1 fully saturated rings. The predicted molar refractivity (Wildman–Crippen MR) is 86.6 cm³/mol. The highest BCUT2D eigenvalue weighted by Crippen LogP contribution is 2.22. The maximum Gasteiger partial charge on any atom is 0.243 e. The van der Waals surface area contributed by atoms with Crippen LogP contribution in [-0.2, 0) is 10.0 Å². The van der Waals surface area contributed by atoms with Crippen LogP contribution in [0.15, 0.2) is 29.2 Å². The molecule has 1 aliphatic rings. The van der Waals surface area contributed by atoms with Crippen molar-refractivity contribution in [1.82, 2.24) is 9.62 Å². The van der Waals surface area contributed by atoms with Crippen molar-refractivity contribution < 1.29 is 13.2 Å². The van der Waals surface area contributed by atoms with E-state index in [0.29, 0.717) is 30.3 Å². The zero-order valence-electron chi connectivity index (χ0n) is 12.2. The summed E-state index contributed by atoms with van der Waals surface area (Å²) < 4.78 is 32.1. The lowest BCUT2D eigenvalue weighted by molar-refractivity contribution is 0.309. The Morgan fingerprint density at radius 3 is 2.52 bits per heavy atom. The summed E-state index contributed by atoms with van der Waals surface area (Å²) >= 11 is 1.79. The number of rotatable bonds is 7. The van der Waals surface area contributed by atoms with E-state index in [-0.39, 0.29) is 0 Å². The van der Waals surface area contributed by atoms with E-state index >= 15 is 0 Å². The molecule has 0 unspecified atom stereocenters. The van der Waals surface area contributed by atoms with E-state index in [1.165, 1.54) is 0 Å². The summed E-state index contributed by atoms with van der Waals surface area (Å²) in [5, 5.41) is 3.05. The molecule has 1 heterocycles. The molecule has 0 saturated carbocycles. The Balaban J connectivity index is 1.97. The van der Waals surface area contributed by atoms with E-state index in [9.17, 15) is 8.42 Å². The number of hydrogen-bond donors (Lipinski definition) is 1. The van der Waals surface area contributed by atoms with Crippen molar-refractivity contribution in [3.8, 4) is 5.75 Å². The highest BCUT2D eigenvalue weighted by atomic mass is 32.2. The smallest absolute Gasteiger partial charge is 0.243 e. The molecule has 0 bridgehead atoms. The molecule has 0 radical (unpaired) electrons. The van der Waals surface area contributed by atoms with Gasteiger partial charge >= 0.3 is 0 Å². The first kappa shape index (κ1) is 16.6. The molecule has 2 rings (SSSR count). The van der Waals surface area contributed by atoms with Gasteiger partial charge in [-0.05, 0) is 44.3 Å². The maximum atomic E-state index is 12.5. The number of nitrogens with zero attached hydrogens (tertiary/aromatic N) is 1. The molecule has 0 aromatic heterocycles. The van der Waals surface area contributed by atoms with Gasteiger partial charge in [0.2, 0.25) is 10.0 Å². The lowest BCUT2D eigenvalue weighted by Crippen LogP contribution is -2.37. The SMILES string of the molecule is CNCCCOc1ccc(S(=O)(=O)N2CCSCC2)cc1. The molecule has 5 nitrogen and oxygen atoms in total. The Hall–Kier alpha value is -0.760. The van der Waals surface area contributed by atoms with Crippen LogP contribution in [0.2, 0.25) is 0 Å². The summed E-state index contributed by atoms with van der Waals surface area (Å²) in [5.41, 5.74) is 0. The van der Waals surface area contributed by atoms with Gasteiger partial charge in [0.25, 0.3) is 0 Å². The second-order valence-corrected chi connectivity index (χ2v) is 7.96. The van der Waals surface area contributed by atoms with Crippen molar-refractivity contribution in [3.63, 3.8) is 0 Å². The Morgan fingerprint density at radius 2 is 1.90 bits per heavy atom. The van der Waals surface area contributed by atoms with Gasteiger partial charge in [0, 0.05) is 24.6 Å². The fourth-order valence-electron chi connectivity index (χ4n) is 2.08. The van der Waals surface area contributed by atoms with Gasteiger partial charge in [-0.25, -0.2) is 8.42 Å². The third kappa shape index (κ3) is 4.60. The minimum Gasteiger partial charge on any atom is -0.494 e. The Bertz CT molecular complexity index is 526. The zero-order valence-corrected chi connectivity index (χ0v) is 13.9. The summed E-state index contributed by atoms with van der Waals surface area (Å²) in [4.78, 5) is 0.344. The minimum absolute atomic E-state index is 0.344. The summed E-state index contributed by atoms with van der Waals surface area (Å²) in [6.07, 6.45) is 0.919. The average molecular weight is 330 g/mol. The number of nitrogens with one attached hydrogen (secondary N) is 1. The first-order valence-electron chi connectivity index (χ1n) is 7.10. The number of thioether (sulfide) groups is 1. The molecule has 21 heavy (non-hydrogen) atoms. The van der Waals surface area contributed by atoms with Crippen molar-refractivity contribution in [3.05, 3.63) is 24.3 Å². The molecule has 0 atom stereocenters. The quantitative estimate of drug-likeness (QED) is 0.766. The number of benzene rings is 1. The Morgan fingerprint density at radius 1 is 1.24 bits per heavy atom. The summed E-state index contributed by atoms with van der Waals surface area (Å²) in [5.74, 6) is 2.44. The van der Waals surface area contributed by atoms with Crippen molar-refractivity contribution in [2.75, 3.05) is 44.8 Å². The van der Waals surface area contributed by atoms with Gasteiger partial charge in [-0.1, -0.05) is 0 Å². The second kappa shape index (κ2) is 8.03. The van der Waals surface area contributed by atoms with E-state index < -0.39 is 10.0 Å². The monoisotopic (exact) mass is 330 g/mol. The Labute approximate surface area is 131 Å². The van der Waals surface area contributed by atoms with Crippen LogP contribution in [0.25, 0.3) is 0 Å². The molecular formula is C14H22N2O3S2. The van der Waals surface area contributed by atoms with E-state index in [1.54, 1.807) is 40.3 Å². The van der Waals surface area contributed by atoms with Crippen LogP contribution in [0.1, 0.15) is 6.42 Å². The highest BCUT2D eigenvalue weighted by molar-refractivity contribution is 7.99. The van der Waals surface area contributed by atoms with Gasteiger partial charge < -0.3 is 10.1 Å². The summed E-state index contributed by atoms with van der Waals surface area (Å²) in [6.45, 7) is 2.71. The molecule has 1 aromatic carbocycles. The maximum absolute atomic E-state index is 12.5. The molecule has 1 saturated heterocycles. The van der Waals surface area contributed by atoms with Gasteiger partial charge in [-0.15, -0.1) is 0 Å². The highest BCUT2D eigenvalue weighted by Gasteiger charge is 2.25. The van der Waals surface area contributed by atoms with Crippen LogP contribution < -0.4 is 10.1 Å². The van der Waals surface area contributed by atoms with Gasteiger partial charge in [0.05, 0.1) is 11.5 Å². The molecule has 1 aromatic rings. The molecule has 0 aliphatic carbocycles. The number of hydrogen-bond acceptors (Lipinski definition) is 5. The first-order valence-corrected chi connectivity index (χ1v) is 9.69. The predicted octanol–water partition coefficient (Wildman–Crippen LogP) is 1.41. The van der Waals surface area contributed by atoms with Crippen molar-refractivity contribution in [2.45, 2.75) is 11.3 Å². The lowest BCUT2D eigenvalue weighted by atomic mass is 10.3. The molecule has 0 amide bonds. The zero-order chi connectivity index (χ0) is 15.1. The van der Waals surface area contributed by atoms with Crippen LogP contribution in [0.3, 0.4) is 0 Å². The van der Waals surface area contributed by atoms with Crippen molar-refractivity contribution >= 4 is 21.8 Å². The molecule has 1 aliphatic heterocycles. The van der Waals surface area contributed by atoms with Gasteiger partial charge in [0.1, 0.15) is 5.75 Å². The summed E-state index contributed by atoms with van der Waals surface area (Å²) in [6, 6.07) is 6.71. The van der Waals surface area contributed by atoms with Crippen LogP contribution in [0, 0.1) is 0 Å². The summed E-state index contributed by atoms with van der Waals surface area (Å²) in [7, 11) is -1.45. The first-order chi connectivity index (χ1) is 10.1. The molecule has 0 spiro atoms. The van der Waals surface area contributed by atoms with Gasteiger partial charge in [-0.3, -0.25) is 0 Å². The van der Waals surface area contributed by atoms with Gasteiger partial charge in [-0.2, -0.15) is 16.1 Å². The third-order valence-corrected chi connectivity index (χ3v) is 6.13. The van der Waals surface area contributed by atoms with Crippen molar-refractivity contribution in [1.29, 1.82) is 0 Å². The Kier molecular flexibility index (Phi) is 6.35.